The van der Waals surface area contributed by atoms with E-state index < -0.39 is 54.9 Å². The summed E-state index contributed by atoms with van der Waals surface area (Å²) < 4.78 is 46.5. The second-order valence-corrected chi connectivity index (χ2v) is 9.73. The Morgan fingerprint density at radius 2 is 1.83 bits per heavy atom. The molecule has 0 unspecified atom stereocenters. The molecule has 2 aliphatic rings. The van der Waals surface area contributed by atoms with E-state index in [2.05, 4.69) is 16.0 Å². The van der Waals surface area contributed by atoms with Crippen LogP contribution >= 0.6 is 0 Å². The summed E-state index contributed by atoms with van der Waals surface area (Å²) in [7, 11) is 0. The first-order valence-corrected chi connectivity index (χ1v) is 11.5. The van der Waals surface area contributed by atoms with E-state index in [4.69, 9.17) is 4.74 Å². The molecule has 3 rings (SSSR count). The Kier molecular flexibility index (Phi) is 8.12. The highest BCUT2D eigenvalue weighted by Crippen LogP contribution is 2.29. The van der Waals surface area contributed by atoms with Gasteiger partial charge in [-0.1, -0.05) is 6.07 Å². The van der Waals surface area contributed by atoms with Crippen LogP contribution in [0, 0.1) is 0 Å². The molecule has 198 valence electrons. The van der Waals surface area contributed by atoms with Crippen LogP contribution in [0.5, 0.6) is 0 Å². The predicted molar refractivity (Wildman–Crippen MR) is 124 cm³/mol. The van der Waals surface area contributed by atoms with Crippen LogP contribution in [0.2, 0.25) is 0 Å². The van der Waals surface area contributed by atoms with Crippen molar-refractivity contribution in [3.05, 3.63) is 24.3 Å². The highest BCUT2D eigenvalue weighted by Gasteiger charge is 2.48. The third-order valence-electron chi connectivity index (χ3n) is 5.59. The van der Waals surface area contributed by atoms with Crippen LogP contribution in [0.1, 0.15) is 33.6 Å². The summed E-state index contributed by atoms with van der Waals surface area (Å²) in [6.45, 7) is 3.54. The third-order valence-corrected chi connectivity index (χ3v) is 5.59. The topological polar surface area (TPSA) is 120 Å². The monoisotopic (exact) mass is 513 g/mol. The van der Waals surface area contributed by atoms with Crippen molar-refractivity contribution in [3.63, 3.8) is 0 Å². The second-order valence-electron chi connectivity index (χ2n) is 9.73. The van der Waals surface area contributed by atoms with Gasteiger partial charge in [-0.2, -0.15) is 13.2 Å². The lowest BCUT2D eigenvalue weighted by Crippen LogP contribution is -2.61. The fourth-order valence-electron chi connectivity index (χ4n) is 3.92. The summed E-state index contributed by atoms with van der Waals surface area (Å²) in [5.74, 6) is -1.46. The first-order valence-electron chi connectivity index (χ1n) is 11.5. The van der Waals surface area contributed by atoms with Crippen LogP contribution in [-0.4, -0.2) is 83.7 Å². The summed E-state index contributed by atoms with van der Waals surface area (Å²) in [6, 6.07) is 3.74. The van der Waals surface area contributed by atoms with Crippen molar-refractivity contribution >= 4 is 35.2 Å². The van der Waals surface area contributed by atoms with E-state index in [1.807, 2.05) is 0 Å². The van der Waals surface area contributed by atoms with E-state index in [-0.39, 0.29) is 25.4 Å². The van der Waals surface area contributed by atoms with Gasteiger partial charge < -0.3 is 20.3 Å². The van der Waals surface area contributed by atoms with Crippen molar-refractivity contribution in [1.29, 1.82) is 0 Å². The second kappa shape index (κ2) is 10.7. The van der Waals surface area contributed by atoms with E-state index >= 15 is 0 Å². The molecule has 4 amide bonds. The lowest BCUT2D eigenvalue weighted by molar-refractivity contribution is -0.195. The molecule has 13 heteroatoms. The average Bonchev–Trinajstić information content (AvgIpc) is 2.74. The number of hydrogen-bond donors (Lipinski definition) is 3. The maximum atomic E-state index is 13.8. The molecular weight excluding hydrogens is 483 g/mol. The number of imide groups is 1. The van der Waals surface area contributed by atoms with Crippen LogP contribution in [0.3, 0.4) is 0 Å². The number of benzene rings is 1. The first kappa shape index (κ1) is 27.2. The van der Waals surface area contributed by atoms with Crippen LogP contribution in [0.4, 0.5) is 29.3 Å². The van der Waals surface area contributed by atoms with Crippen LogP contribution < -0.4 is 16.0 Å². The van der Waals surface area contributed by atoms with Gasteiger partial charge in [0.1, 0.15) is 17.7 Å². The highest BCUT2D eigenvalue weighted by atomic mass is 19.4. The van der Waals surface area contributed by atoms with E-state index in [1.165, 1.54) is 0 Å². The number of carbonyl (C=O) groups excluding carboxylic acids is 4. The van der Waals surface area contributed by atoms with Crippen molar-refractivity contribution < 1.29 is 37.1 Å². The predicted octanol–water partition coefficient (Wildman–Crippen LogP) is 2.33. The van der Waals surface area contributed by atoms with Gasteiger partial charge in [-0.05, 0) is 45.4 Å². The number of halogens is 3. The molecule has 0 saturated carbocycles. The molecule has 2 fully saturated rings. The molecule has 2 atom stereocenters. The number of nitrogens with one attached hydrogen (secondary N) is 3. The molecule has 10 nitrogen and oxygen atoms in total. The van der Waals surface area contributed by atoms with Crippen molar-refractivity contribution in [2.45, 2.75) is 57.5 Å². The molecule has 0 aliphatic carbocycles. The number of alkyl halides is 3. The lowest BCUT2D eigenvalue weighted by atomic mass is 10.1. The van der Waals surface area contributed by atoms with E-state index in [0.717, 1.165) is 9.80 Å². The van der Waals surface area contributed by atoms with E-state index in [9.17, 15) is 32.3 Å². The van der Waals surface area contributed by atoms with Crippen molar-refractivity contribution in [1.82, 2.24) is 15.1 Å². The summed E-state index contributed by atoms with van der Waals surface area (Å²) >= 11 is 0. The Labute approximate surface area is 206 Å². The Balaban J connectivity index is 1.60. The third kappa shape index (κ3) is 7.57. The molecule has 2 aliphatic heterocycles. The lowest BCUT2D eigenvalue weighted by Gasteiger charge is -2.41. The van der Waals surface area contributed by atoms with E-state index in [0.29, 0.717) is 17.8 Å². The van der Waals surface area contributed by atoms with Gasteiger partial charge in [0.25, 0.3) is 0 Å². The molecule has 0 spiro atoms. The number of nitrogens with zero attached hydrogens (tertiary/aromatic N) is 2. The number of amides is 4. The average molecular weight is 514 g/mol. The Morgan fingerprint density at radius 3 is 2.47 bits per heavy atom. The molecule has 0 radical (unpaired) electrons. The largest absolute Gasteiger partial charge is 0.444 e. The van der Waals surface area contributed by atoms with Gasteiger partial charge >= 0.3 is 12.3 Å². The quantitative estimate of drug-likeness (QED) is 0.517. The number of piperazine rings is 1. The van der Waals surface area contributed by atoms with Crippen LogP contribution in [0.25, 0.3) is 0 Å². The molecule has 0 bridgehead atoms. The standard InChI is InChI=1S/C23H30F3N5O5/c1-22(2,3)36-21(35)31-10-9-30(17(12-31)23(24,25)26)13-19(33)28-15-6-4-5-14(11-15)27-16-7-8-18(32)29-20(16)34/h4-6,11,16-17,27H,7-10,12-13H2,1-3H3,(H,28,33)(H,29,32,34)/t16-,17-/m0/s1. The molecule has 1 aromatic rings. The van der Waals surface area contributed by atoms with Crippen LogP contribution in [0.15, 0.2) is 24.3 Å². The first-order chi connectivity index (χ1) is 16.7. The Hall–Kier alpha value is -3.35. The van der Waals surface area contributed by atoms with Crippen molar-refractivity contribution in [2.75, 3.05) is 36.8 Å². The maximum absolute atomic E-state index is 13.8. The summed E-state index contributed by atoms with van der Waals surface area (Å²) in [4.78, 5) is 50.1. The Morgan fingerprint density at radius 1 is 1.14 bits per heavy atom. The van der Waals surface area contributed by atoms with Crippen LogP contribution in [-0.2, 0) is 19.1 Å². The Bertz CT molecular complexity index is 1010. The zero-order valence-corrected chi connectivity index (χ0v) is 20.3. The number of anilines is 2. The maximum Gasteiger partial charge on any atom is 0.410 e. The van der Waals surface area contributed by atoms with Gasteiger partial charge in [-0.25, -0.2) is 4.79 Å². The highest BCUT2D eigenvalue weighted by molar-refractivity contribution is 6.01. The van der Waals surface area contributed by atoms with Gasteiger partial charge in [0.2, 0.25) is 17.7 Å². The van der Waals surface area contributed by atoms with Gasteiger partial charge in [0.15, 0.2) is 0 Å². The van der Waals surface area contributed by atoms with E-state index in [1.54, 1.807) is 45.0 Å². The molecule has 36 heavy (non-hydrogen) atoms. The van der Waals surface area contributed by atoms with Crippen molar-refractivity contribution in [2.24, 2.45) is 0 Å². The van der Waals surface area contributed by atoms with Gasteiger partial charge in [0, 0.05) is 37.4 Å². The minimum Gasteiger partial charge on any atom is -0.444 e. The number of piperidine rings is 1. The molecular formula is C23H30F3N5O5. The number of rotatable bonds is 5. The smallest absolute Gasteiger partial charge is 0.410 e. The summed E-state index contributed by atoms with van der Waals surface area (Å²) in [5, 5.41) is 7.79. The number of hydrogen-bond acceptors (Lipinski definition) is 7. The zero-order chi connectivity index (χ0) is 26.7. The minimum atomic E-state index is -4.66. The fourth-order valence-corrected chi connectivity index (χ4v) is 3.92. The van der Waals surface area contributed by atoms with Crippen molar-refractivity contribution in [3.8, 4) is 0 Å². The molecule has 0 aromatic heterocycles. The van der Waals surface area contributed by atoms with Gasteiger partial charge in [-0.3, -0.25) is 24.6 Å². The molecule has 3 N–H and O–H groups in total. The summed E-state index contributed by atoms with van der Waals surface area (Å²) in [6.07, 6.45) is -4.98. The van der Waals surface area contributed by atoms with Gasteiger partial charge in [-0.15, -0.1) is 0 Å². The normalized spacial score (nSPS) is 21.6. The summed E-state index contributed by atoms with van der Waals surface area (Å²) in [5.41, 5.74) is -0.0154. The minimum absolute atomic E-state index is 0.0138. The fraction of sp³-hybridized carbons (Fsp3) is 0.565. The molecule has 2 heterocycles. The molecule has 2 saturated heterocycles. The zero-order valence-electron chi connectivity index (χ0n) is 20.3. The molecule has 1 aromatic carbocycles. The number of carbonyl (C=O) groups is 4. The van der Waals surface area contributed by atoms with Gasteiger partial charge in [0.05, 0.1) is 6.54 Å². The SMILES string of the molecule is CC(C)(C)OC(=O)N1CCN(CC(=O)Nc2cccc(N[C@H]3CCC(=O)NC3=O)c2)[C@H](C(F)(F)F)C1. The number of ether oxygens (including phenoxy) is 1.